The summed E-state index contributed by atoms with van der Waals surface area (Å²) in [6.45, 7) is 2.59. The van der Waals surface area contributed by atoms with Gasteiger partial charge < -0.3 is 10.2 Å². The zero-order valence-corrected chi connectivity index (χ0v) is 13.7. The number of benzene rings is 1. The van der Waals surface area contributed by atoms with Crippen LogP contribution in [0, 0.1) is 0 Å². The van der Waals surface area contributed by atoms with Crippen LogP contribution in [0.1, 0.15) is 34.3 Å². The van der Waals surface area contributed by atoms with Gasteiger partial charge in [-0.05, 0) is 42.4 Å². The summed E-state index contributed by atoms with van der Waals surface area (Å²) < 4.78 is 3.80. The van der Waals surface area contributed by atoms with Gasteiger partial charge in [0.2, 0.25) is 5.91 Å². The van der Waals surface area contributed by atoms with E-state index in [4.69, 9.17) is 0 Å². The second kappa shape index (κ2) is 6.87. The van der Waals surface area contributed by atoms with Gasteiger partial charge in [0.1, 0.15) is 4.88 Å². The minimum Gasteiger partial charge on any atom is -0.342 e. The lowest BCUT2D eigenvalue weighted by Gasteiger charge is -2.29. The summed E-state index contributed by atoms with van der Waals surface area (Å²) in [7, 11) is 0. The predicted octanol–water partition coefficient (Wildman–Crippen LogP) is 1.81. The van der Waals surface area contributed by atoms with Gasteiger partial charge in [0.05, 0.1) is 12.2 Å². The predicted molar refractivity (Wildman–Crippen MR) is 88.7 cm³/mol. The Morgan fingerprint density at radius 2 is 2.17 bits per heavy atom. The Morgan fingerprint density at radius 3 is 3.00 bits per heavy atom. The Kier molecular flexibility index (Phi) is 4.66. The van der Waals surface area contributed by atoms with Gasteiger partial charge in [0, 0.05) is 12.2 Å². The molecule has 0 aliphatic carbocycles. The van der Waals surface area contributed by atoms with Crippen LogP contribution in [0.4, 0.5) is 5.69 Å². The zero-order valence-electron chi connectivity index (χ0n) is 12.9. The third-order valence-corrected chi connectivity index (χ3v) is 4.68. The Labute approximate surface area is 138 Å². The molecule has 0 bridgehead atoms. The molecule has 1 N–H and O–H groups in total. The van der Waals surface area contributed by atoms with Gasteiger partial charge in [-0.1, -0.05) is 29.6 Å². The highest BCUT2D eigenvalue weighted by Crippen LogP contribution is 2.26. The number of aryl methyl sites for hydroxylation is 2. The molecule has 0 saturated carbocycles. The van der Waals surface area contributed by atoms with Gasteiger partial charge in [-0.3, -0.25) is 9.59 Å². The van der Waals surface area contributed by atoms with Crippen LogP contribution in [0.25, 0.3) is 0 Å². The fourth-order valence-electron chi connectivity index (χ4n) is 2.74. The first-order chi connectivity index (χ1) is 11.2. The lowest BCUT2D eigenvalue weighted by atomic mass is 10.0. The lowest BCUT2D eigenvalue weighted by Crippen LogP contribution is -2.42. The molecule has 0 fully saturated rings. The fourth-order valence-corrected chi connectivity index (χ4v) is 3.40. The summed E-state index contributed by atoms with van der Waals surface area (Å²) in [6, 6.07) is 7.91. The molecule has 2 aromatic rings. The normalized spacial score (nSPS) is 13.5. The molecule has 23 heavy (non-hydrogen) atoms. The number of anilines is 1. The molecule has 0 radical (unpaired) electrons. The Hall–Kier alpha value is -2.28. The number of carbonyl (C=O) groups excluding carboxylic acids is 2. The highest BCUT2D eigenvalue weighted by Gasteiger charge is 2.23. The molecule has 0 atom stereocenters. The van der Waals surface area contributed by atoms with E-state index in [0.29, 0.717) is 23.5 Å². The van der Waals surface area contributed by atoms with E-state index in [1.54, 1.807) is 4.90 Å². The molecule has 0 unspecified atom stereocenters. The number of nitrogens with zero attached hydrogens (tertiary/aromatic N) is 3. The van der Waals surface area contributed by atoms with Crippen molar-refractivity contribution in [2.24, 2.45) is 0 Å². The van der Waals surface area contributed by atoms with Crippen LogP contribution in [-0.4, -0.2) is 34.5 Å². The molecule has 0 saturated heterocycles. The number of hydrogen-bond acceptors (Lipinski definition) is 5. The van der Waals surface area contributed by atoms with Crippen LogP contribution in [0.2, 0.25) is 0 Å². The van der Waals surface area contributed by atoms with Gasteiger partial charge in [-0.15, -0.1) is 5.10 Å². The topological polar surface area (TPSA) is 75.2 Å². The summed E-state index contributed by atoms with van der Waals surface area (Å²) in [6.07, 6.45) is 2.57. The number of rotatable bonds is 4. The number of hydrogen-bond donors (Lipinski definition) is 1. The molecule has 1 aliphatic heterocycles. The molecule has 7 heteroatoms. The molecule has 3 rings (SSSR count). The molecule has 120 valence electrons. The van der Waals surface area contributed by atoms with Crippen LogP contribution in [-0.2, 0) is 17.6 Å². The first-order valence-corrected chi connectivity index (χ1v) is 8.45. The van der Waals surface area contributed by atoms with Crippen molar-refractivity contribution in [3.05, 3.63) is 40.4 Å². The number of carbonyl (C=O) groups is 2. The third kappa shape index (κ3) is 3.24. The summed E-state index contributed by atoms with van der Waals surface area (Å²) in [4.78, 5) is 26.9. The second-order valence-electron chi connectivity index (χ2n) is 5.36. The maximum absolute atomic E-state index is 12.5. The van der Waals surface area contributed by atoms with E-state index in [2.05, 4.69) is 14.9 Å². The van der Waals surface area contributed by atoms with E-state index in [-0.39, 0.29) is 18.4 Å². The van der Waals surface area contributed by atoms with Gasteiger partial charge in [-0.25, -0.2) is 0 Å². The second-order valence-corrected chi connectivity index (χ2v) is 6.12. The third-order valence-electron chi connectivity index (χ3n) is 3.91. The van der Waals surface area contributed by atoms with Crippen LogP contribution in [0.3, 0.4) is 0 Å². The van der Waals surface area contributed by atoms with Gasteiger partial charge >= 0.3 is 0 Å². The Bertz CT molecular complexity index is 728. The fraction of sp³-hybridized carbons (Fsp3) is 0.375. The molecular formula is C16H18N4O2S. The van der Waals surface area contributed by atoms with Crippen molar-refractivity contribution < 1.29 is 9.59 Å². The quantitative estimate of drug-likeness (QED) is 0.928. The largest absolute Gasteiger partial charge is 0.342 e. The van der Waals surface area contributed by atoms with Crippen molar-refractivity contribution in [2.75, 3.05) is 18.0 Å². The van der Waals surface area contributed by atoms with Crippen molar-refractivity contribution in [1.29, 1.82) is 0 Å². The van der Waals surface area contributed by atoms with Crippen LogP contribution >= 0.6 is 11.5 Å². The minimum atomic E-state index is -0.282. The number of para-hydroxylation sites is 1. The van der Waals surface area contributed by atoms with Crippen LogP contribution in [0.15, 0.2) is 24.3 Å². The Balaban J connectivity index is 1.65. The number of amides is 2. The summed E-state index contributed by atoms with van der Waals surface area (Å²) in [5.41, 5.74) is 2.80. The minimum absolute atomic E-state index is 0.0196. The molecule has 1 aromatic carbocycles. The number of aromatic nitrogens is 2. The zero-order chi connectivity index (χ0) is 16.2. The van der Waals surface area contributed by atoms with Crippen molar-refractivity contribution in [1.82, 2.24) is 14.9 Å². The van der Waals surface area contributed by atoms with Gasteiger partial charge in [-0.2, -0.15) is 0 Å². The molecular weight excluding hydrogens is 312 g/mol. The van der Waals surface area contributed by atoms with Crippen molar-refractivity contribution in [3.63, 3.8) is 0 Å². The molecule has 1 aromatic heterocycles. The average molecular weight is 330 g/mol. The first-order valence-electron chi connectivity index (χ1n) is 7.68. The lowest BCUT2D eigenvalue weighted by molar-refractivity contribution is -0.117. The van der Waals surface area contributed by atoms with E-state index < -0.39 is 0 Å². The maximum Gasteiger partial charge on any atom is 0.265 e. The van der Waals surface area contributed by atoms with E-state index in [1.807, 2.05) is 31.2 Å². The average Bonchev–Trinajstić information content (AvgIpc) is 3.07. The number of nitrogens with one attached hydrogen (secondary N) is 1. The smallest absolute Gasteiger partial charge is 0.265 e. The molecule has 1 aliphatic rings. The van der Waals surface area contributed by atoms with E-state index in [9.17, 15) is 9.59 Å². The SMILES string of the molecule is CCc1nnsc1C(=O)NCC(=O)N1CCCc2ccccc21. The molecule has 6 nitrogen and oxygen atoms in total. The highest BCUT2D eigenvalue weighted by molar-refractivity contribution is 7.08. The number of fused-ring (bicyclic) bond motifs is 1. The van der Waals surface area contributed by atoms with Gasteiger partial charge in [0.15, 0.2) is 0 Å². The first kappa shape index (κ1) is 15.6. The molecule has 0 spiro atoms. The van der Waals surface area contributed by atoms with Crippen molar-refractivity contribution in [2.45, 2.75) is 26.2 Å². The van der Waals surface area contributed by atoms with Crippen molar-refractivity contribution in [3.8, 4) is 0 Å². The van der Waals surface area contributed by atoms with Crippen molar-refractivity contribution >= 4 is 29.0 Å². The van der Waals surface area contributed by atoms with Crippen LogP contribution < -0.4 is 10.2 Å². The standard InChI is InChI=1S/C16H18N4O2S/c1-2-12-15(23-19-18-12)16(22)17-10-14(21)20-9-5-7-11-6-3-4-8-13(11)20/h3-4,6,8H,2,5,7,9-10H2,1H3,(H,17,22). The highest BCUT2D eigenvalue weighted by atomic mass is 32.1. The van der Waals surface area contributed by atoms with Crippen LogP contribution in [0.5, 0.6) is 0 Å². The van der Waals surface area contributed by atoms with E-state index in [1.165, 1.54) is 5.56 Å². The summed E-state index contributed by atoms with van der Waals surface area (Å²) >= 11 is 1.06. The molecule has 2 heterocycles. The summed E-state index contributed by atoms with van der Waals surface area (Å²) in [5.74, 6) is -0.378. The molecule has 2 amide bonds. The van der Waals surface area contributed by atoms with E-state index >= 15 is 0 Å². The maximum atomic E-state index is 12.5. The summed E-state index contributed by atoms with van der Waals surface area (Å²) in [5, 5.41) is 6.60. The van der Waals surface area contributed by atoms with Gasteiger partial charge in [0.25, 0.3) is 5.91 Å². The monoisotopic (exact) mass is 330 g/mol. The Morgan fingerprint density at radius 1 is 1.35 bits per heavy atom. The van der Waals surface area contributed by atoms with E-state index in [0.717, 1.165) is 30.1 Å².